The molecule has 1 saturated heterocycles. The molecule has 0 saturated carbocycles. The third kappa shape index (κ3) is 10.6. The second kappa shape index (κ2) is 16.1. The predicted octanol–water partition coefficient (Wildman–Crippen LogP) is 8.06. The van der Waals surface area contributed by atoms with Crippen LogP contribution in [0.3, 0.4) is 0 Å². The van der Waals surface area contributed by atoms with Crippen molar-refractivity contribution in [3.05, 3.63) is 60.7 Å². The molecule has 0 aliphatic carbocycles. The second-order valence-electron chi connectivity index (χ2n) is 12.7. The molecule has 0 spiro atoms. The van der Waals surface area contributed by atoms with E-state index < -0.39 is 34.2 Å². The van der Waals surface area contributed by atoms with Gasteiger partial charge in [-0.25, -0.2) is 0 Å². The number of carbonyl (C=O) groups excluding carboxylic acids is 2. The van der Waals surface area contributed by atoms with Crippen LogP contribution in [-0.2, 0) is 26.0 Å². The van der Waals surface area contributed by atoms with Crippen molar-refractivity contribution in [3.63, 3.8) is 0 Å². The summed E-state index contributed by atoms with van der Waals surface area (Å²) in [6.45, 7) is 17.5. The highest BCUT2D eigenvalue weighted by molar-refractivity contribution is 6.93. The van der Waals surface area contributed by atoms with E-state index in [0.29, 0.717) is 13.1 Å². The first-order chi connectivity index (χ1) is 20.7. The quantitative estimate of drug-likeness (QED) is 0.189. The molecule has 0 N–H and O–H groups in total. The highest BCUT2D eigenvalue weighted by Gasteiger charge is 2.56. The molecular weight excluding hydrogens is 621 g/mol. The lowest BCUT2D eigenvalue weighted by molar-refractivity contribution is -0.117. The summed E-state index contributed by atoms with van der Waals surface area (Å²) >= 11 is 0. The number of para-hydroxylation sites is 2. The van der Waals surface area contributed by atoms with E-state index in [2.05, 4.69) is 40.0 Å². The average Bonchev–Trinajstić information content (AvgIpc) is 2.93. The molecule has 2 amide bonds. The van der Waals surface area contributed by atoms with Crippen molar-refractivity contribution in [3.8, 4) is 0 Å². The van der Waals surface area contributed by atoms with Crippen LogP contribution in [0.5, 0.6) is 0 Å². The van der Waals surface area contributed by atoms with Crippen molar-refractivity contribution in [2.24, 2.45) is 0 Å². The Balaban J connectivity index is 1.80. The van der Waals surface area contributed by atoms with E-state index in [4.69, 9.17) is 16.5 Å². The molecule has 1 fully saturated rings. The first kappa shape index (κ1) is 36.6. The zero-order valence-electron chi connectivity index (χ0n) is 28.2. The Morgan fingerprint density at radius 3 is 1.11 bits per heavy atom. The molecule has 0 atom stereocenters. The summed E-state index contributed by atoms with van der Waals surface area (Å²) in [7, 11) is -10.8. The molecule has 2 aromatic rings. The van der Waals surface area contributed by atoms with Gasteiger partial charge in [-0.1, -0.05) is 63.1 Å². The average molecular weight is 675 g/mol. The summed E-state index contributed by atoms with van der Waals surface area (Å²) in [6.07, 6.45) is 3.47. The van der Waals surface area contributed by atoms with Gasteiger partial charge in [0.25, 0.3) is 0 Å². The fourth-order valence-corrected chi connectivity index (χ4v) is 30.0. The van der Waals surface area contributed by atoms with Crippen LogP contribution in [0.4, 0.5) is 11.4 Å². The Bertz CT molecular complexity index is 1100. The molecule has 1 aliphatic heterocycles. The summed E-state index contributed by atoms with van der Waals surface area (Å²) in [6, 6.07) is 22.9. The van der Waals surface area contributed by atoms with Gasteiger partial charge in [0, 0.05) is 38.3 Å². The van der Waals surface area contributed by atoms with Crippen LogP contribution in [0, 0.1) is 0 Å². The SMILES string of the molecule is CCC[Si]1(C)O[Si](C)(CCCN(C(C)=O)c2ccccc2)O[Si](C)(CCC)O[Si](C)(CCCN(C(C)=O)c2ccccc2)O1. The third-order valence-electron chi connectivity index (χ3n) is 8.06. The normalized spacial score (nSPS) is 27.3. The van der Waals surface area contributed by atoms with E-state index in [-0.39, 0.29) is 11.8 Å². The van der Waals surface area contributed by atoms with E-state index >= 15 is 0 Å². The smallest absolute Gasteiger partial charge is 0.317 e. The first-order valence-electron chi connectivity index (χ1n) is 16.2. The Morgan fingerprint density at radius 1 is 0.545 bits per heavy atom. The molecular formula is C32H54N2O6Si4. The van der Waals surface area contributed by atoms with Gasteiger partial charge >= 0.3 is 34.2 Å². The number of hydrogen-bond acceptors (Lipinski definition) is 6. The molecule has 0 unspecified atom stereocenters. The topological polar surface area (TPSA) is 77.5 Å². The van der Waals surface area contributed by atoms with Crippen LogP contribution in [0.15, 0.2) is 60.7 Å². The van der Waals surface area contributed by atoms with Crippen molar-refractivity contribution in [2.45, 2.75) is 104 Å². The van der Waals surface area contributed by atoms with E-state index in [9.17, 15) is 9.59 Å². The van der Waals surface area contributed by atoms with Gasteiger partial charge in [-0.15, -0.1) is 0 Å². The van der Waals surface area contributed by atoms with Crippen molar-refractivity contribution in [1.29, 1.82) is 0 Å². The molecule has 1 heterocycles. The molecule has 0 aromatic heterocycles. The van der Waals surface area contributed by atoms with Gasteiger partial charge in [0.15, 0.2) is 0 Å². The van der Waals surface area contributed by atoms with E-state index in [1.54, 1.807) is 13.8 Å². The molecule has 0 bridgehead atoms. The Morgan fingerprint density at radius 2 is 0.841 bits per heavy atom. The van der Waals surface area contributed by atoms with Gasteiger partial charge in [-0.2, -0.15) is 0 Å². The van der Waals surface area contributed by atoms with Gasteiger partial charge in [-0.05, 0) is 87.5 Å². The zero-order valence-corrected chi connectivity index (χ0v) is 32.2. The monoisotopic (exact) mass is 674 g/mol. The molecule has 0 radical (unpaired) electrons. The largest absolute Gasteiger partial charge is 0.416 e. The fourth-order valence-electron chi connectivity index (χ4n) is 6.50. The minimum absolute atomic E-state index is 0.0296. The first-order valence-corrected chi connectivity index (χ1v) is 26.3. The Labute approximate surface area is 270 Å². The van der Waals surface area contributed by atoms with Crippen LogP contribution in [0.25, 0.3) is 0 Å². The van der Waals surface area contributed by atoms with Crippen LogP contribution in [0.1, 0.15) is 53.4 Å². The molecule has 3 rings (SSSR count). The molecule has 8 nitrogen and oxygen atoms in total. The second-order valence-corrected chi connectivity index (χ2v) is 27.0. The van der Waals surface area contributed by atoms with Gasteiger partial charge < -0.3 is 26.3 Å². The van der Waals surface area contributed by atoms with E-state index in [1.807, 2.05) is 70.5 Å². The van der Waals surface area contributed by atoms with Gasteiger partial charge in [0.05, 0.1) is 0 Å². The maximum absolute atomic E-state index is 12.5. The molecule has 12 heteroatoms. The number of benzene rings is 2. The number of nitrogens with zero attached hydrogens (tertiary/aromatic N) is 2. The molecule has 244 valence electrons. The highest BCUT2D eigenvalue weighted by Crippen LogP contribution is 2.39. The minimum atomic E-state index is -2.73. The summed E-state index contributed by atoms with van der Waals surface area (Å²) in [5, 5.41) is 0. The molecule has 44 heavy (non-hydrogen) atoms. The Hall–Kier alpha value is -1.91. The van der Waals surface area contributed by atoms with Gasteiger partial charge in [0.2, 0.25) is 11.8 Å². The lowest BCUT2D eigenvalue weighted by Crippen LogP contribution is -2.67. The summed E-state index contributed by atoms with van der Waals surface area (Å²) in [5.41, 5.74) is 1.82. The number of anilines is 2. The Kier molecular flexibility index (Phi) is 13.4. The number of hydrogen-bond donors (Lipinski definition) is 0. The fraction of sp³-hybridized carbons (Fsp3) is 0.562. The van der Waals surface area contributed by atoms with E-state index in [0.717, 1.165) is 61.2 Å². The predicted molar refractivity (Wildman–Crippen MR) is 189 cm³/mol. The van der Waals surface area contributed by atoms with Gasteiger partial charge in [0.1, 0.15) is 0 Å². The van der Waals surface area contributed by atoms with Crippen molar-refractivity contribution >= 4 is 57.4 Å². The zero-order chi connectivity index (χ0) is 32.4. The number of amides is 2. The lowest BCUT2D eigenvalue weighted by atomic mass is 10.2. The molecule has 1 aliphatic rings. The maximum Gasteiger partial charge on any atom is 0.317 e. The lowest BCUT2D eigenvalue weighted by Gasteiger charge is -2.50. The van der Waals surface area contributed by atoms with Crippen LogP contribution >= 0.6 is 0 Å². The minimum Gasteiger partial charge on any atom is -0.416 e. The van der Waals surface area contributed by atoms with Crippen LogP contribution < -0.4 is 9.80 Å². The third-order valence-corrected chi connectivity index (χ3v) is 27.2. The summed E-state index contributed by atoms with van der Waals surface area (Å²) < 4.78 is 28.7. The van der Waals surface area contributed by atoms with Gasteiger partial charge in [-0.3, -0.25) is 9.59 Å². The molecule has 2 aromatic carbocycles. The van der Waals surface area contributed by atoms with Crippen molar-refractivity contribution in [1.82, 2.24) is 0 Å². The van der Waals surface area contributed by atoms with Crippen LogP contribution in [-0.4, -0.2) is 59.1 Å². The summed E-state index contributed by atoms with van der Waals surface area (Å²) in [5.74, 6) is 0.0592. The number of rotatable bonds is 14. The highest BCUT2D eigenvalue weighted by atomic mass is 28.5. The van der Waals surface area contributed by atoms with Crippen LogP contribution in [0.2, 0.25) is 50.4 Å². The number of carbonyl (C=O) groups is 2. The standard InChI is InChI=1S/C32H54N2O6Si4/c1-9-25-41(5)37-43(7,27-17-23-33(29(3)35)31-19-13-11-14-20-31)39-42(6,26-10-2)40-44(8,38-41)28-18-24-34(30(4)36)32-21-15-12-16-22-32/h11-16,19-22H,9-10,17-18,23-28H2,1-8H3. The van der Waals surface area contributed by atoms with E-state index in [1.165, 1.54) is 0 Å². The van der Waals surface area contributed by atoms with Crippen molar-refractivity contribution in [2.75, 3.05) is 22.9 Å². The summed E-state index contributed by atoms with van der Waals surface area (Å²) in [4.78, 5) is 28.7. The maximum atomic E-state index is 12.5. The van der Waals surface area contributed by atoms with Crippen molar-refractivity contribution < 1.29 is 26.0 Å².